The van der Waals surface area contributed by atoms with Crippen LogP contribution in [0.2, 0.25) is 0 Å². The monoisotopic (exact) mass is 300 g/mol. The number of H-pyrrole nitrogens is 1. The summed E-state index contributed by atoms with van der Waals surface area (Å²) in [6.07, 6.45) is 2.88. The fourth-order valence-electron chi connectivity index (χ4n) is 4.14. The van der Waals surface area contributed by atoms with Gasteiger partial charge in [-0.05, 0) is 43.5 Å². The SMILES string of the molecule is COC(=O)[C@H]1CCCN2CCc3c([nH]c4cc(O)ccc34)[C@H]12. The molecule has 2 aliphatic heterocycles. The number of aromatic nitrogens is 1. The molecule has 3 heterocycles. The molecule has 0 unspecified atom stereocenters. The number of hydrogen-bond donors (Lipinski definition) is 2. The van der Waals surface area contributed by atoms with Crippen molar-refractivity contribution < 1.29 is 14.6 Å². The predicted molar refractivity (Wildman–Crippen MR) is 82.7 cm³/mol. The highest BCUT2D eigenvalue weighted by Crippen LogP contribution is 2.43. The van der Waals surface area contributed by atoms with Crippen molar-refractivity contribution in [2.75, 3.05) is 20.2 Å². The van der Waals surface area contributed by atoms with Crippen LogP contribution in [-0.4, -0.2) is 41.2 Å². The zero-order chi connectivity index (χ0) is 15.3. The minimum atomic E-state index is -0.121. The summed E-state index contributed by atoms with van der Waals surface area (Å²) < 4.78 is 5.03. The summed E-state index contributed by atoms with van der Waals surface area (Å²) in [5, 5.41) is 10.9. The molecule has 1 aromatic heterocycles. The summed E-state index contributed by atoms with van der Waals surface area (Å²) >= 11 is 0. The molecular weight excluding hydrogens is 280 g/mol. The molecule has 4 rings (SSSR count). The average Bonchev–Trinajstić information content (AvgIpc) is 2.91. The van der Waals surface area contributed by atoms with Gasteiger partial charge in [0.2, 0.25) is 0 Å². The molecule has 2 N–H and O–H groups in total. The number of aromatic amines is 1. The molecule has 0 amide bonds. The van der Waals surface area contributed by atoms with Crippen molar-refractivity contribution in [1.29, 1.82) is 0 Å². The maximum atomic E-state index is 12.2. The number of rotatable bonds is 1. The number of hydrogen-bond acceptors (Lipinski definition) is 4. The Morgan fingerprint density at radius 3 is 3.09 bits per heavy atom. The van der Waals surface area contributed by atoms with Gasteiger partial charge in [0, 0.05) is 29.2 Å². The molecule has 1 fully saturated rings. The second-order valence-electron chi connectivity index (χ2n) is 6.25. The molecule has 5 heteroatoms. The van der Waals surface area contributed by atoms with Gasteiger partial charge >= 0.3 is 5.97 Å². The van der Waals surface area contributed by atoms with E-state index < -0.39 is 0 Å². The van der Waals surface area contributed by atoms with E-state index in [0.717, 1.165) is 48.9 Å². The van der Waals surface area contributed by atoms with Crippen molar-refractivity contribution in [2.45, 2.75) is 25.3 Å². The van der Waals surface area contributed by atoms with Crippen molar-refractivity contribution >= 4 is 16.9 Å². The van der Waals surface area contributed by atoms with E-state index in [4.69, 9.17) is 4.74 Å². The number of carbonyl (C=O) groups excluding carboxylic acids is 1. The minimum Gasteiger partial charge on any atom is -0.508 e. The van der Waals surface area contributed by atoms with Gasteiger partial charge in [0.05, 0.1) is 19.1 Å². The highest BCUT2D eigenvalue weighted by atomic mass is 16.5. The summed E-state index contributed by atoms with van der Waals surface area (Å²) in [7, 11) is 1.47. The molecule has 1 aromatic carbocycles. The minimum absolute atomic E-state index is 0.0690. The third-order valence-corrected chi connectivity index (χ3v) is 5.11. The number of aromatic hydroxyl groups is 1. The van der Waals surface area contributed by atoms with E-state index in [1.54, 1.807) is 12.1 Å². The summed E-state index contributed by atoms with van der Waals surface area (Å²) in [4.78, 5) is 18.0. The lowest BCUT2D eigenvalue weighted by molar-refractivity contribution is -0.150. The molecule has 2 atom stereocenters. The molecule has 0 bridgehead atoms. The molecular formula is C17H20N2O3. The van der Waals surface area contributed by atoms with E-state index in [-0.39, 0.29) is 23.7 Å². The lowest BCUT2D eigenvalue weighted by Gasteiger charge is -2.42. The second-order valence-corrected chi connectivity index (χ2v) is 6.25. The fourth-order valence-corrected chi connectivity index (χ4v) is 4.14. The van der Waals surface area contributed by atoms with Gasteiger partial charge in [0.25, 0.3) is 0 Å². The number of phenolic OH excluding ortho intramolecular Hbond substituents is 1. The van der Waals surface area contributed by atoms with Gasteiger partial charge in [-0.25, -0.2) is 0 Å². The number of phenols is 1. The van der Waals surface area contributed by atoms with Crippen LogP contribution in [0.5, 0.6) is 5.75 Å². The molecule has 22 heavy (non-hydrogen) atoms. The molecule has 0 radical (unpaired) electrons. The van der Waals surface area contributed by atoms with Gasteiger partial charge in [-0.15, -0.1) is 0 Å². The lowest BCUT2D eigenvalue weighted by Crippen LogP contribution is -2.45. The Bertz CT molecular complexity index is 737. The molecule has 2 aliphatic rings. The van der Waals surface area contributed by atoms with Crippen LogP contribution < -0.4 is 0 Å². The van der Waals surface area contributed by atoms with E-state index in [9.17, 15) is 9.90 Å². The van der Waals surface area contributed by atoms with E-state index in [1.165, 1.54) is 12.7 Å². The third kappa shape index (κ3) is 1.92. The van der Waals surface area contributed by atoms with Crippen LogP contribution in [0.3, 0.4) is 0 Å². The van der Waals surface area contributed by atoms with Crippen molar-refractivity contribution in [3.05, 3.63) is 29.5 Å². The van der Waals surface area contributed by atoms with Crippen LogP contribution in [0.1, 0.15) is 30.1 Å². The predicted octanol–water partition coefficient (Wildman–Crippen LogP) is 2.36. The summed E-state index contributed by atoms with van der Waals surface area (Å²) in [6.45, 7) is 2.00. The highest BCUT2D eigenvalue weighted by molar-refractivity contribution is 5.87. The molecule has 5 nitrogen and oxygen atoms in total. The summed E-state index contributed by atoms with van der Waals surface area (Å²) in [5.74, 6) is 0.0274. The number of esters is 1. The number of nitrogens with one attached hydrogen (secondary N) is 1. The van der Waals surface area contributed by atoms with E-state index >= 15 is 0 Å². The van der Waals surface area contributed by atoms with Gasteiger partial charge in [-0.3, -0.25) is 9.69 Å². The number of methoxy groups -OCH3 is 1. The number of fused-ring (bicyclic) bond motifs is 5. The maximum absolute atomic E-state index is 12.2. The summed E-state index contributed by atoms with van der Waals surface area (Å²) in [5.41, 5.74) is 3.36. The zero-order valence-electron chi connectivity index (χ0n) is 12.6. The van der Waals surface area contributed by atoms with Crippen LogP contribution in [0, 0.1) is 5.92 Å². The van der Waals surface area contributed by atoms with Gasteiger partial charge < -0.3 is 14.8 Å². The van der Waals surface area contributed by atoms with E-state index in [0.29, 0.717) is 0 Å². The number of carbonyl (C=O) groups is 1. The van der Waals surface area contributed by atoms with Crippen LogP contribution in [0.25, 0.3) is 10.9 Å². The Balaban J connectivity index is 1.85. The number of piperidine rings is 1. The van der Waals surface area contributed by atoms with Gasteiger partial charge in [-0.1, -0.05) is 0 Å². The van der Waals surface area contributed by atoms with Gasteiger partial charge in [0.15, 0.2) is 0 Å². The zero-order valence-corrected chi connectivity index (χ0v) is 12.6. The van der Waals surface area contributed by atoms with Crippen LogP contribution >= 0.6 is 0 Å². The Hall–Kier alpha value is -2.01. The molecule has 0 saturated carbocycles. The van der Waals surface area contributed by atoms with Crippen LogP contribution in [0.15, 0.2) is 18.2 Å². The normalized spacial score (nSPS) is 24.8. The Labute approximate surface area is 128 Å². The maximum Gasteiger partial charge on any atom is 0.310 e. The van der Waals surface area contributed by atoms with Gasteiger partial charge in [-0.2, -0.15) is 0 Å². The fraction of sp³-hybridized carbons (Fsp3) is 0.471. The first kappa shape index (κ1) is 13.6. The molecule has 0 spiro atoms. The van der Waals surface area contributed by atoms with E-state index in [2.05, 4.69) is 9.88 Å². The third-order valence-electron chi connectivity index (χ3n) is 5.11. The van der Waals surface area contributed by atoms with Crippen LogP contribution in [0.4, 0.5) is 0 Å². The lowest BCUT2D eigenvalue weighted by atomic mass is 9.82. The smallest absolute Gasteiger partial charge is 0.310 e. The van der Waals surface area contributed by atoms with E-state index in [1.807, 2.05) is 6.07 Å². The second kappa shape index (κ2) is 5.02. The molecule has 0 aliphatic carbocycles. The first-order valence-corrected chi connectivity index (χ1v) is 7.84. The number of nitrogens with zero attached hydrogens (tertiary/aromatic N) is 1. The first-order valence-electron chi connectivity index (χ1n) is 7.84. The average molecular weight is 300 g/mol. The highest BCUT2D eigenvalue weighted by Gasteiger charge is 2.42. The van der Waals surface area contributed by atoms with Crippen molar-refractivity contribution in [1.82, 2.24) is 9.88 Å². The molecule has 1 saturated heterocycles. The Morgan fingerprint density at radius 1 is 1.41 bits per heavy atom. The standard InChI is InChI=1S/C17H20N2O3/c1-22-17(21)13-3-2-7-19-8-6-12-11-5-4-10(20)9-14(11)18-15(12)16(13)19/h4-5,9,13,16,18,20H,2-3,6-8H2,1H3/t13-,16-/m0/s1. The van der Waals surface area contributed by atoms with Crippen molar-refractivity contribution in [2.24, 2.45) is 5.92 Å². The molecule has 2 aromatic rings. The largest absolute Gasteiger partial charge is 0.508 e. The Kier molecular flexibility index (Phi) is 3.11. The Morgan fingerprint density at radius 2 is 2.27 bits per heavy atom. The van der Waals surface area contributed by atoms with Crippen molar-refractivity contribution in [3.8, 4) is 5.75 Å². The first-order chi connectivity index (χ1) is 10.7. The van der Waals surface area contributed by atoms with Crippen LogP contribution in [-0.2, 0) is 16.0 Å². The van der Waals surface area contributed by atoms with Crippen molar-refractivity contribution in [3.63, 3.8) is 0 Å². The quantitative estimate of drug-likeness (QED) is 0.794. The molecule has 116 valence electrons. The van der Waals surface area contributed by atoms with Gasteiger partial charge in [0.1, 0.15) is 5.75 Å². The summed E-state index contributed by atoms with van der Waals surface area (Å²) in [6, 6.07) is 5.51. The topological polar surface area (TPSA) is 65.6 Å². The number of ether oxygens (including phenoxy) is 1. The number of benzene rings is 1.